The van der Waals surface area contributed by atoms with E-state index in [4.69, 9.17) is 4.74 Å². The number of hydrogen-bond acceptors (Lipinski definition) is 4. The molecule has 0 radical (unpaired) electrons. The number of pyridine rings is 1. The minimum absolute atomic E-state index is 0.494. The van der Waals surface area contributed by atoms with Gasteiger partial charge in [-0.1, -0.05) is 6.07 Å². The molecule has 5 heteroatoms. The third-order valence-electron chi connectivity index (χ3n) is 1.83. The highest BCUT2D eigenvalue weighted by atomic mass is 79.9. The van der Waals surface area contributed by atoms with Crippen molar-refractivity contribution < 1.29 is 4.74 Å². The molecule has 0 spiro atoms. The van der Waals surface area contributed by atoms with Crippen LogP contribution in [0.5, 0.6) is 5.88 Å². The van der Waals surface area contributed by atoms with Gasteiger partial charge in [0.05, 0.1) is 12.8 Å². The lowest BCUT2D eigenvalue weighted by Gasteiger charge is -2.00. The molecular formula is C10H8BrN3O. The maximum Gasteiger partial charge on any atom is 0.233 e. The number of hydrogen-bond donors (Lipinski definition) is 0. The van der Waals surface area contributed by atoms with Crippen molar-refractivity contribution in [3.63, 3.8) is 0 Å². The number of methoxy groups -OCH3 is 1. The molecule has 2 heterocycles. The largest absolute Gasteiger partial charge is 0.480 e. The first-order chi connectivity index (χ1) is 7.29. The van der Waals surface area contributed by atoms with Crippen LogP contribution in [0.15, 0.2) is 34.9 Å². The molecule has 0 bridgehead atoms. The van der Waals surface area contributed by atoms with Crippen LogP contribution in [-0.4, -0.2) is 22.3 Å². The molecule has 0 aliphatic heterocycles. The lowest BCUT2D eigenvalue weighted by Crippen LogP contribution is -1.93. The van der Waals surface area contributed by atoms with Crippen LogP contribution in [0.25, 0.3) is 11.4 Å². The molecule has 15 heavy (non-hydrogen) atoms. The van der Waals surface area contributed by atoms with Gasteiger partial charge >= 0.3 is 0 Å². The first kappa shape index (κ1) is 10.0. The molecule has 0 fully saturated rings. The van der Waals surface area contributed by atoms with E-state index in [0.717, 1.165) is 16.0 Å². The summed E-state index contributed by atoms with van der Waals surface area (Å²) in [7, 11) is 1.56. The molecule has 2 aromatic heterocycles. The Balaban J connectivity index is 2.37. The van der Waals surface area contributed by atoms with Crippen molar-refractivity contribution in [2.24, 2.45) is 0 Å². The van der Waals surface area contributed by atoms with Gasteiger partial charge in [0.2, 0.25) is 5.88 Å². The molecule has 2 aromatic rings. The Labute approximate surface area is 95.5 Å². The number of nitrogens with zero attached hydrogens (tertiary/aromatic N) is 3. The Morgan fingerprint density at radius 2 is 1.93 bits per heavy atom. The Morgan fingerprint density at radius 1 is 1.07 bits per heavy atom. The van der Waals surface area contributed by atoms with Gasteiger partial charge in [-0.2, -0.15) is 0 Å². The summed E-state index contributed by atoms with van der Waals surface area (Å²) >= 11 is 3.30. The van der Waals surface area contributed by atoms with Gasteiger partial charge in [0.15, 0.2) is 0 Å². The van der Waals surface area contributed by atoms with E-state index >= 15 is 0 Å². The fourth-order valence-electron chi connectivity index (χ4n) is 1.12. The van der Waals surface area contributed by atoms with E-state index in [1.165, 1.54) is 0 Å². The van der Waals surface area contributed by atoms with E-state index in [1.54, 1.807) is 13.2 Å². The van der Waals surface area contributed by atoms with Gasteiger partial charge in [-0.15, -0.1) is 10.2 Å². The van der Waals surface area contributed by atoms with Crippen LogP contribution in [0, 0.1) is 0 Å². The number of ether oxygens (including phenoxy) is 1. The summed E-state index contributed by atoms with van der Waals surface area (Å²) in [5.74, 6) is 0.494. The molecule has 0 atom stereocenters. The van der Waals surface area contributed by atoms with Crippen LogP contribution in [0.3, 0.4) is 0 Å². The van der Waals surface area contributed by atoms with Gasteiger partial charge in [0.1, 0.15) is 10.3 Å². The molecule has 0 saturated carbocycles. The topological polar surface area (TPSA) is 47.9 Å². The highest BCUT2D eigenvalue weighted by Gasteiger charge is 2.02. The van der Waals surface area contributed by atoms with Gasteiger partial charge in [-0.05, 0) is 34.1 Å². The Hall–Kier alpha value is -1.49. The fourth-order valence-corrected chi connectivity index (χ4v) is 1.46. The van der Waals surface area contributed by atoms with Crippen LogP contribution >= 0.6 is 15.9 Å². The van der Waals surface area contributed by atoms with E-state index in [-0.39, 0.29) is 0 Å². The summed E-state index contributed by atoms with van der Waals surface area (Å²) in [6.45, 7) is 0. The zero-order valence-corrected chi connectivity index (χ0v) is 9.60. The van der Waals surface area contributed by atoms with Gasteiger partial charge in [-0.25, -0.2) is 4.98 Å². The van der Waals surface area contributed by atoms with Gasteiger partial charge in [-0.3, -0.25) is 0 Å². The van der Waals surface area contributed by atoms with Crippen LogP contribution < -0.4 is 4.74 Å². The maximum atomic E-state index is 4.93. The standard InChI is InChI=1S/C10H8BrN3O/c1-15-10-6-5-8(13-14-10)7-3-2-4-9(11)12-7/h2-6H,1H3. The molecule has 0 aliphatic rings. The van der Waals surface area contributed by atoms with Crippen LogP contribution in [0.2, 0.25) is 0 Å². The average molecular weight is 266 g/mol. The van der Waals surface area contributed by atoms with Crippen molar-refractivity contribution in [2.75, 3.05) is 7.11 Å². The van der Waals surface area contributed by atoms with E-state index in [1.807, 2.05) is 24.3 Å². The Kier molecular flexibility index (Phi) is 2.91. The molecule has 0 aliphatic carbocycles. The predicted octanol–water partition coefficient (Wildman–Crippen LogP) is 2.31. The second-order valence-corrected chi connectivity index (χ2v) is 3.62. The summed E-state index contributed by atoms with van der Waals surface area (Å²) in [4.78, 5) is 4.27. The van der Waals surface area contributed by atoms with Crippen molar-refractivity contribution in [3.05, 3.63) is 34.9 Å². The summed E-state index contributed by atoms with van der Waals surface area (Å²) in [5.41, 5.74) is 1.50. The van der Waals surface area contributed by atoms with Crippen LogP contribution in [0.1, 0.15) is 0 Å². The van der Waals surface area contributed by atoms with E-state index in [0.29, 0.717) is 5.88 Å². The monoisotopic (exact) mass is 265 g/mol. The minimum atomic E-state index is 0.494. The smallest absolute Gasteiger partial charge is 0.233 e. The fraction of sp³-hybridized carbons (Fsp3) is 0.100. The van der Waals surface area contributed by atoms with Crippen LogP contribution in [-0.2, 0) is 0 Å². The summed E-state index contributed by atoms with van der Waals surface area (Å²) in [6, 6.07) is 9.21. The lowest BCUT2D eigenvalue weighted by atomic mass is 10.2. The van der Waals surface area contributed by atoms with E-state index in [2.05, 4.69) is 31.1 Å². The van der Waals surface area contributed by atoms with Gasteiger partial charge < -0.3 is 4.74 Å². The molecule has 0 N–H and O–H groups in total. The highest BCUT2D eigenvalue weighted by Crippen LogP contribution is 2.17. The third kappa shape index (κ3) is 2.30. The first-order valence-corrected chi connectivity index (χ1v) is 5.09. The van der Waals surface area contributed by atoms with Crippen molar-refractivity contribution in [2.45, 2.75) is 0 Å². The maximum absolute atomic E-state index is 4.93. The number of aromatic nitrogens is 3. The molecule has 0 amide bonds. The van der Waals surface area contributed by atoms with E-state index in [9.17, 15) is 0 Å². The molecule has 4 nitrogen and oxygen atoms in total. The van der Waals surface area contributed by atoms with Crippen LogP contribution in [0.4, 0.5) is 0 Å². The van der Waals surface area contributed by atoms with Crippen molar-refractivity contribution in [1.29, 1.82) is 0 Å². The third-order valence-corrected chi connectivity index (χ3v) is 2.27. The molecule has 76 valence electrons. The molecule has 2 rings (SSSR count). The Morgan fingerprint density at radius 3 is 2.53 bits per heavy atom. The number of halogens is 1. The minimum Gasteiger partial charge on any atom is -0.480 e. The molecular weight excluding hydrogens is 258 g/mol. The van der Waals surface area contributed by atoms with E-state index < -0.39 is 0 Å². The second kappa shape index (κ2) is 4.35. The Bertz CT molecular complexity index is 458. The summed E-state index contributed by atoms with van der Waals surface area (Å²) < 4.78 is 5.70. The summed E-state index contributed by atoms with van der Waals surface area (Å²) in [6.07, 6.45) is 0. The van der Waals surface area contributed by atoms with Crippen molar-refractivity contribution >= 4 is 15.9 Å². The highest BCUT2D eigenvalue weighted by molar-refractivity contribution is 9.10. The van der Waals surface area contributed by atoms with Gasteiger partial charge in [0.25, 0.3) is 0 Å². The molecule has 0 unspecified atom stereocenters. The quantitative estimate of drug-likeness (QED) is 0.782. The average Bonchev–Trinajstić information content (AvgIpc) is 2.29. The summed E-state index contributed by atoms with van der Waals surface area (Å²) in [5, 5.41) is 7.88. The molecule has 0 aromatic carbocycles. The zero-order chi connectivity index (χ0) is 10.7. The van der Waals surface area contributed by atoms with Crippen molar-refractivity contribution in [3.8, 4) is 17.3 Å². The SMILES string of the molecule is COc1ccc(-c2cccc(Br)n2)nn1. The second-order valence-electron chi connectivity index (χ2n) is 2.81. The van der Waals surface area contributed by atoms with Crippen molar-refractivity contribution in [1.82, 2.24) is 15.2 Å². The van der Waals surface area contributed by atoms with Gasteiger partial charge in [0, 0.05) is 6.07 Å². The lowest BCUT2D eigenvalue weighted by molar-refractivity contribution is 0.392. The predicted molar refractivity (Wildman–Crippen MR) is 59.5 cm³/mol. The number of rotatable bonds is 2. The first-order valence-electron chi connectivity index (χ1n) is 4.30. The zero-order valence-electron chi connectivity index (χ0n) is 8.01. The molecule has 0 saturated heterocycles. The normalized spacial score (nSPS) is 10.0.